The molecule has 0 amide bonds. The van der Waals surface area contributed by atoms with E-state index in [1.54, 1.807) is 0 Å². The maximum absolute atomic E-state index is 12.4. The van der Waals surface area contributed by atoms with Gasteiger partial charge in [0.15, 0.2) is 28.8 Å². The molecular weight excluding hydrogens is 632 g/mol. The van der Waals surface area contributed by atoms with E-state index in [0.29, 0.717) is 11.1 Å². The maximum Gasteiger partial charge on any atom is 0.306 e. The smallest absolute Gasteiger partial charge is 0.306 e. The van der Waals surface area contributed by atoms with Gasteiger partial charge in [-0.1, -0.05) is 23.4 Å². The van der Waals surface area contributed by atoms with Crippen molar-refractivity contribution in [3.8, 4) is 56.8 Å². The summed E-state index contributed by atoms with van der Waals surface area (Å²) >= 11 is 0. The molecule has 43 heavy (non-hydrogen) atoms. The Morgan fingerprint density at radius 3 is 1.81 bits per heavy atom. The molecule has 0 atom stereocenters. The van der Waals surface area contributed by atoms with Gasteiger partial charge in [0.05, 0.1) is 38.6 Å². The van der Waals surface area contributed by atoms with Crippen LogP contribution in [-0.4, -0.2) is 75.9 Å². The van der Waals surface area contributed by atoms with Crippen LogP contribution < -0.4 is 32.5 Å². The zero-order valence-electron chi connectivity index (χ0n) is 23.4. The standard InChI is InChI=1S/C25H28N2O13S3/c1-35-21-13-18(15-6-9-17(10-7-15)38-41(3,29)30)24(36-2)25(40-43(5,33)34)23(21)16-8-11-19(37-14-22(26)27-28)20(12-16)39-42(4,31)32/h6-13,28H,14H2,1-5H3,(H2,26,27). The third-order valence-corrected chi connectivity index (χ3v) is 6.70. The molecule has 3 aromatic rings. The van der Waals surface area contributed by atoms with Gasteiger partial charge in [0.25, 0.3) is 0 Å². The van der Waals surface area contributed by atoms with E-state index >= 15 is 0 Å². The first kappa shape index (κ1) is 33.1. The highest BCUT2D eigenvalue weighted by atomic mass is 32.2. The summed E-state index contributed by atoms with van der Waals surface area (Å²) in [6, 6.07) is 11.3. The average molecular weight is 661 g/mol. The number of methoxy groups -OCH3 is 2. The van der Waals surface area contributed by atoms with Gasteiger partial charge >= 0.3 is 30.4 Å². The van der Waals surface area contributed by atoms with Crippen LogP contribution in [0.4, 0.5) is 0 Å². The first-order valence-corrected chi connectivity index (χ1v) is 17.2. The summed E-state index contributed by atoms with van der Waals surface area (Å²) in [6.45, 7) is -0.418. The minimum Gasteiger partial charge on any atom is -0.496 e. The number of ether oxygens (including phenoxy) is 3. The number of hydrogen-bond acceptors (Lipinski definition) is 14. The van der Waals surface area contributed by atoms with Crippen molar-refractivity contribution < 1.29 is 57.2 Å². The number of benzene rings is 3. The van der Waals surface area contributed by atoms with E-state index < -0.39 is 37.0 Å². The van der Waals surface area contributed by atoms with Crippen LogP contribution in [0.25, 0.3) is 22.3 Å². The topological polar surface area (TPSA) is 216 Å². The molecule has 0 aliphatic heterocycles. The van der Waals surface area contributed by atoms with Crippen LogP contribution in [0.3, 0.4) is 0 Å². The van der Waals surface area contributed by atoms with Crippen molar-refractivity contribution in [1.82, 2.24) is 0 Å². The summed E-state index contributed by atoms with van der Waals surface area (Å²) in [4.78, 5) is 0. The fourth-order valence-corrected chi connectivity index (χ4v) is 5.13. The summed E-state index contributed by atoms with van der Waals surface area (Å²) in [6.07, 6.45) is 2.51. The quantitative estimate of drug-likeness (QED) is 0.0883. The Balaban J connectivity index is 2.31. The molecule has 0 fully saturated rings. The minimum atomic E-state index is -4.18. The molecule has 0 aromatic heterocycles. The van der Waals surface area contributed by atoms with Crippen molar-refractivity contribution in [2.24, 2.45) is 10.9 Å². The summed E-state index contributed by atoms with van der Waals surface area (Å²) in [5.74, 6) is -0.998. The predicted octanol–water partition coefficient (Wildman–Crippen LogP) is 2.18. The Kier molecular flexibility index (Phi) is 9.88. The van der Waals surface area contributed by atoms with Gasteiger partial charge in [-0.2, -0.15) is 25.3 Å². The second-order valence-electron chi connectivity index (χ2n) is 8.79. The van der Waals surface area contributed by atoms with Crippen LogP contribution in [0.2, 0.25) is 0 Å². The van der Waals surface area contributed by atoms with Crippen LogP contribution in [0.5, 0.6) is 34.5 Å². The molecule has 3 N–H and O–H groups in total. The van der Waals surface area contributed by atoms with E-state index in [4.69, 9.17) is 37.7 Å². The molecule has 0 aliphatic rings. The third-order valence-electron chi connectivity index (χ3n) is 5.25. The fourth-order valence-electron chi connectivity index (χ4n) is 3.76. The molecule has 3 rings (SSSR count). The molecule has 0 unspecified atom stereocenters. The molecule has 0 bridgehead atoms. The maximum atomic E-state index is 12.4. The Morgan fingerprint density at radius 2 is 1.30 bits per heavy atom. The monoisotopic (exact) mass is 660 g/mol. The second kappa shape index (κ2) is 12.8. The van der Waals surface area contributed by atoms with Crippen molar-refractivity contribution in [1.29, 1.82) is 0 Å². The molecule has 0 saturated carbocycles. The van der Waals surface area contributed by atoms with E-state index in [0.717, 1.165) is 18.8 Å². The number of amidine groups is 1. The van der Waals surface area contributed by atoms with E-state index in [1.165, 1.54) is 62.8 Å². The Labute approximate surface area is 248 Å². The average Bonchev–Trinajstić information content (AvgIpc) is 2.89. The first-order valence-electron chi connectivity index (χ1n) is 11.8. The highest BCUT2D eigenvalue weighted by molar-refractivity contribution is 7.86. The number of nitrogens with two attached hydrogens (primary N) is 1. The fraction of sp³-hybridized carbons (Fsp3) is 0.240. The van der Waals surface area contributed by atoms with Gasteiger partial charge in [-0.15, -0.1) is 0 Å². The van der Waals surface area contributed by atoms with Crippen LogP contribution in [0.15, 0.2) is 53.7 Å². The summed E-state index contributed by atoms with van der Waals surface area (Å²) in [7, 11) is -9.47. The lowest BCUT2D eigenvalue weighted by atomic mass is 9.96. The van der Waals surface area contributed by atoms with Gasteiger partial charge < -0.3 is 37.7 Å². The van der Waals surface area contributed by atoms with Crippen LogP contribution in [-0.2, 0) is 30.4 Å². The van der Waals surface area contributed by atoms with Gasteiger partial charge in [-0.05, 0) is 41.5 Å². The Morgan fingerprint density at radius 1 is 0.721 bits per heavy atom. The lowest BCUT2D eigenvalue weighted by Crippen LogP contribution is -2.21. The molecule has 15 nitrogen and oxygen atoms in total. The molecule has 3 aromatic carbocycles. The van der Waals surface area contributed by atoms with E-state index in [2.05, 4.69) is 5.16 Å². The second-order valence-corrected chi connectivity index (χ2v) is 13.5. The number of nitrogens with zero attached hydrogens (tertiary/aromatic N) is 1. The predicted molar refractivity (Wildman–Crippen MR) is 156 cm³/mol. The number of rotatable bonds is 13. The molecular formula is C25H28N2O13S3. The van der Waals surface area contributed by atoms with E-state index in [-0.39, 0.29) is 51.5 Å². The van der Waals surface area contributed by atoms with E-state index in [1.807, 2.05) is 0 Å². The molecule has 0 radical (unpaired) electrons. The highest BCUT2D eigenvalue weighted by Crippen LogP contribution is 2.51. The van der Waals surface area contributed by atoms with Crippen molar-refractivity contribution in [3.63, 3.8) is 0 Å². The van der Waals surface area contributed by atoms with Gasteiger partial charge in [0.1, 0.15) is 18.1 Å². The molecule has 0 saturated heterocycles. The zero-order chi connectivity index (χ0) is 32.2. The lowest BCUT2D eigenvalue weighted by molar-refractivity contribution is 0.304. The normalized spacial score (nSPS) is 12.3. The van der Waals surface area contributed by atoms with Crippen LogP contribution in [0.1, 0.15) is 0 Å². The van der Waals surface area contributed by atoms with Crippen molar-refractivity contribution in [3.05, 3.63) is 48.5 Å². The van der Waals surface area contributed by atoms with Gasteiger partial charge in [0, 0.05) is 5.56 Å². The summed E-state index contributed by atoms with van der Waals surface area (Å²) < 4.78 is 104. The molecule has 234 valence electrons. The van der Waals surface area contributed by atoms with Crippen molar-refractivity contribution in [2.75, 3.05) is 39.6 Å². The molecule has 0 heterocycles. The van der Waals surface area contributed by atoms with Gasteiger partial charge in [-0.3, -0.25) is 0 Å². The number of hydrogen-bond donors (Lipinski definition) is 2. The minimum absolute atomic E-state index is 0.0342. The van der Waals surface area contributed by atoms with Gasteiger partial charge in [0.2, 0.25) is 0 Å². The van der Waals surface area contributed by atoms with Crippen molar-refractivity contribution in [2.45, 2.75) is 0 Å². The molecule has 18 heteroatoms. The lowest BCUT2D eigenvalue weighted by Gasteiger charge is -2.21. The molecule has 0 aliphatic carbocycles. The summed E-state index contributed by atoms with van der Waals surface area (Å²) in [5.41, 5.74) is 6.37. The van der Waals surface area contributed by atoms with Crippen LogP contribution in [0, 0.1) is 0 Å². The Hall–Kier alpha value is -4.42. The van der Waals surface area contributed by atoms with Crippen LogP contribution >= 0.6 is 0 Å². The third kappa shape index (κ3) is 9.03. The zero-order valence-corrected chi connectivity index (χ0v) is 25.9. The largest absolute Gasteiger partial charge is 0.496 e. The number of oxime groups is 1. The van der Waals surface area contributed by atoms with E-state index in [9.17, 15) is 25.3 Å². The molecule has 0 spiro atoms. The Bertz CT molecular complexity index is 1850. The highest BCUT2D eigenvalue weighted by Gasteiger charge is 2.27. The van der Waals surface area contributed by atoms with Crippen molar-refractivity contribution >= 4 is 36.2 Å². The first-order chi connectivity index (χ1) is 19.9. The van der Waals surface area contributed by atoms with Gasteiger partial charge in [-0.25, -0.2) is 0 Å². The SMILES string of the molecule is COc1cc(-c2ccc(OS(C)(=O)=O)cc2)c(OC)c(OS(C)(=O)=O)c1-c1ccc(OC/C(N)=N\O)c(OS(C)(=O)=O)c1. The summed E-state index contributed by atoms with van der Waals surface area (Å²) in [5, 5.41) is 11.6.